The Balaban J connectivity index is 2.01. The van der Waals surface area contributed by atoms with Crippen LogP contribution < -0.4 is 10.6 Å². The zero-order valence-electron chi connectivity index (χ0n) is 12.2. The third kappa shape index (κ3) is 3.87. The van der Waals surface area contributed by atoms with Crippen LogP contribution in [0, 0.1) is 11.8 Å². The lowest BCUT2D eigenvalue weighted by Gasteiger charge is -2.20. The maximum Gasteiger partial charge on any atom is 0.0459 e. The van der Waals surface area contributed by atoms with Crippen LogP contribution >= 0.6 is 11.6 Å². The van der Waals surface area contributed by atoms with Crippen LogP contribution in [0.25, 0.3) is 0 Å². The maximum absolute atomic E-state index is 6.37. The summed E-state index contributed by atoms with van der Waals surface area (Å²) in [6.07, 6.45) is 3.21. The molecular formula is C16H25ClN2. The first-order chi connectivity index (χ1) is 9.01. The van der Waals surface area contributed by atoms with Crippen LogP contribution in [0.15, 0.2) is 18.2 Å². The number of hydrogen-bond acceptors (Lipinski definition) is 2. The molecule has 3 heteroatoms. The second-order valence-electron chi connectivity index (χ2n) is 6.00. The van der Waals surface area contributed by atoms with Gasteiger partial charge in [-0.1, -0.05) is 31.5 Å². The number of benzene rings is 1. The van der Waals surface area contributed by atoms with Gasteiger partial charge in [-0.2, -0.15) is 0 Å². The smallest absolute Gasteiger partial charge is 0.0459 e. The first kappa shape index (κ1) is 14.7. The summed E-state index contributed by atoms with van der Waals surface area (Å²) in [5.74, 6) is 1.75. The molecule has 106 valence electrons. The molecule has 1 aromatic rings. The van der Waals surface area contributed by atoms with Gasteiger partial charge in [0.25, 0.3) is 0 Å². The fourth-order valence-corrected chi connectivity index (χ4v) is 2.73. The molecule has 2 rings (SSSR count). The van der Waals surface area contributed by atoms with Crippen LogP contribution in [0.1, 0.15) is 32.3 Å². The Morgan fingerprint density at radius 2 is 2.16 bits per heavy atom. The fourth-order valence-electron chi connectivity index (χ4n) is 2.48. The summed E-state index contributed by atoms with van der Waals surface area (Å²) in [6.45, 7) is 5.56. The van der Waals surface area contributed by atoms with E-state index in [9.17, 15) is 0 Å². The van der Waals surface area contributed by atoms with E-state index in [1.807, 2.05) is 0 Å². The van der Waals surface area contributed by atoms with E-state index in [4.69, 9.17) is 17.3 Å². The number of anilines is 1. The summed E-state index contributed by atoms with van der Waals surface area (Å²) >= 11 is 6.37. The van der Waals surface area contributed by atoms with E-state index >= 15 is 0 Å². The molecule has 3 atom stereocenters. The molecule has 19 heavy (non-hydrogen) atoms. The second kappa shape index (κ2) is 6.15. The van der Waals surface area contributed by atoms with E-state index in [2.05, 4.69) is 44.0 Å². The zero-order chi connectivity index (χ0) is 14.0. The van der Waals surface area contributed by atoms with E-state index in [-0.39, 0.29) is 6.04 Å². The minimum Gasteiger partial charge on any atom is -0.374 e. The van der Waals surface area contributed by atoms with Crippen LogP contribution in [-0.2, 0) is 6.42 Å². The van der Waals surface area contributed by atoms with Gasteiger partial charge in [-0.15, -0.1) is 0 Å². The molecule has 0 saturated heterocycles. The molecule has 0 amide bonds. The van der Waals surface area contributed by atoms with Crippen molar-refractivity contribution in [1.29, 1.82) is 0 Å². The molecule has 1 saturated carbocycles. The molecule has 1 aromatic carbocycles. The van der Waals surface area contributed by atoms with Crippen molar-refractivity contribution in [2.45, 2.75) is 39.2 Å². The molecule has 0 radical (unpaired) electrons. The summed E-state index contributed by atoms with van der Waals surface area (Å²) in [5.41, 5.74) is 8.36. The third-order valence-corrected chi connectivity index (χ3v) is 4.62. The topological polar surface area (TPSA) is 29.3 Å². The van der Waals surface area contributed by atoms with Crippen molar-refractivity contribution in [3.63, 3.8) is 0 Å². The van der Waals surface area contributed by atoms with Crippen molar-refractivity contribution in [2.75, 3.05) is 18.5 Å². The zero-order valence-corrected chi connectivity index (χ0v) is 13.0. The van der Waals surface area contributed by atoms with Gasteiger partial charge in [0.05, 0.1) is 0 Å². The van der Waals surface area contributed by atoms with Gasteiger partial charge in [0.1, 0.15) is 0 Å². The van der Waals surface area contributed by atoms with Crippen LogP contribution in [-0.4, -0.2) is 19.6 Å². The van der Waals surface area contributed by atoms with Gasteiger partial charge >= 0.3 is 0 Å². The molecule has 2 nitrogen and oxygen atoms in total. The Hall–Kier alpha value is -0.730. The molecule has 0 spiro atoms. The van der Waals surface area contributed by atoms with Crippen LogP contribution in [0.2, 0.25) is 5.02 Å². The number of halogens is 1. The molecule has 0 aromatic heterocycles. The predicted octanol–water partition coefficient (Wildman–Crippen LogP) is 3.71. The highest BCUT2D eigenvalue weighted by molar-refractivity contribution is 6.31. The van der Waals surface area contributed by atoms with Crippen LogP contribution in [0.4, 0.5) is 5.69 Å². The Labute approximate surface area is 121 Å². The van der Waals surface area contributed by atoms with Gasteiger partial charge < -0.3 is 10.6 Å². The average molecular weight is 281 g/mol. The Morgan fingerprint density at radius 1 is 1.47 bits per heavy atom. The van der Waals surface area contributed by atoms with Crippen molar-refractivity contribution < 1.29 is 0 Å². The molecule has 3 unspecified atom stereocenters. The minimum atomic E-state index is 0.202. The molecule has 0 bridgehead atoms. The van der Waals surface area contributed by atoms with E-state index in [1.54, 1.807) is 0 Å². The average Bonchev–Trinajstić information content (AvgIpc) is 3.07. The number of hydrogen-bond donors (Lipinski definition) is 1. The van der Waals surface area contributed by atoms with Crippen molar-refractivity contribution in [1.82, 2.24) is 0 Å². The normalized spacial score (nSPS) is 23.2. The van der Waals surface area contributed by atoms with E-state index in [1.165, 1.54) is 12.1 Å². The van der Waals surface area contributed by atoms with Crippen LogP contribution in [0.5, 0.6) is 0 Å². The van der Waals surface area contributed by atoms with Crippen molar-refractivity contribution in [2.24, 2.45) is 17.6 Å². The standard InChI is InChI=1S/C16H25ClN2/c1-4-14(18)8-12-5-6-15(9-16(12)17)19(3)10-13-7-11(13)2/h5-6,9,11,13-14H,4,7-8,10,18H2,1-3H3. The summed E-state index contributed by atoms with van der Waals surface area (Å²) in [7, 11) is 2.15. The third-order valence-electron chi connectivity index (χ3n) is 4.27. The quantitative estimate of drug-likeness (QED) is 0.861. The monoisotopic (exact) mass is 280 g/mol. The fraction of sp³-hybridized carbons (Fsp3) is 0.625. The number of nitrogens with zero attached hydrogens (tertiary/aromatic N) is 1. The highest BCUT2D eigenvalue weighted by Crippen LogP contribution is 2.39. The Morgan fingerprint density at radius 3 is 2.68 bits per heavy atom. The van der Waals surface area contributed by atoms with Crippen molar-refractivity contribution in [3.05, 3.63) is 28.8 Å². The first-order valence-corrected chi connectivity index (χ1v) is 7.64. The highest BCUT2D eigenvalue weighted by atomic mass is 35.5. The molecular weight excluding hydrogens is 256 g/mol. The predicted molar refractivity (Wildman–Crippen MR) is 84.0 cm³/mol. The van der Waals surface area contributed by atoms with Gasteiger partial charge in [-0.3, -0.25) is 0 Å². The van der Waals surface area contributed by atoms with Gasteiger partial charge in [0.15, 0.2) is 0 Å². The van der Waals surface area contributed by atoms with Crippen molar-refractivity contribution in [3.8, 4) is 0 Å². The van der Waals surface area contributed by atoms with Crippen molar-refractivity contribution >= 4 is 17.3 Å². The summed E-state index contributed by atoms with van der Waals surface area (Å²) < 4.78 is 0. The van der Waals surface area contributed by atoms with E-state index < -0.39 is 0 Å². The lowest BCUT2D eigenvalue weighted by Crippen LogP contribution is -2.22. The minimum absolute atomic E-state index is 0.202. The van der Waals surface area contributed by atoms with Gasteiger partial charge in [-0.05, 0) is 48.8 Å². The van der Waals surface area contributed by atoms with Gasteiger partial charge in [0, 0.05) is 30.3 Å². The molecule has 0 heterocycles. The largest absolute Gasteiger partial charge is 0.374 e. The summed E-state index contributed by atoms with van der Waals surface area (Å²) in [4.78, 5) is 2.31. The SMILES string of the molecule is CCC(N)Cc1ccc(N(C)CC2CC2C)cc1Cl. The van der Waals surface area contributed by atoms with E-state index in [0.717, 1.165) is 41.8 Å². The van der Waals surface area contributed by atoms with Crippen LogP contribution in [0.3, 0.4) is 0 Å². The molecule has 1 aliphatic rings. The molecule has 1 fully saturated rings. The maximum atomic E-state index is 6.37. The Kier molecular flexibility index (Phi) is 4.75. The molecule has 0 aliphatic heterocycles. The number of nitrogens with two attached hydrogens (primary N) is 1. The lowest BCUT2D eigenvalue weighted by atomic mass is 10.0. The highest BCUT2D eigenvalue weighted by Gasteiger charge is 2.33. The summed E-state index contributed by atoms with van der Waals surface area (Å²) in [5, 5.41) is 0.845. The second-order valence-corrected chi connectivity index (χ2v) is 6.41. The van der Waals surface area contributed by atoms with E-state index in [0.29, 0.717) is 0 Å². The molecule has 2 N–H and O–H groups in total. The summed E-state index contributed by atoms with van der Waals surface area (Å²) in [6, 6.07) is 6.57. The van der Waals surface area contributed by atoms with Gasteiger partial charge in [0.2, 0.25) is 0 Å². The Bertz CT molecular complexity index is 433. The lowest BCUT2D eigenvalue weighted by molar-refractivity contribution is 0.646. The first-order valence-electron chi connectivity index (χ1n) is 7.26. The molecule has 1 aliphatic carbocycles. The van der Waals surface area contributed by atoms with Gasteiger partial charge in [-0.25, -0.2) is 0 Å². The number of rotatable bonds is 6.